The molecule has 0 atom stereocenters. The van der Waals surface area contributed by atoms with Gasteiger partial charge in [0, 0.05) is 26.2 Å². The SMILES string of the molecule is CC1CCN(S(=O)(=O)NCCN)CC1.Cl. The number of nitrogens with zero attached hydrogens (tertiary/aromatic N) is 1. The van der Waals surface area contributed by atoms with Crippen molar-refractivity contribution in [1.82, 2.24) is 9.03 Å². The Kier molecular flexibility index (Phi) is 6.70. The van der Waals surface area contributed by atoms with Gasteiger partial charge in [0.25, 0.3) is 10.2 Å². The third kappa shape index (κ3) is 4.65. The lowest BCUT2D eigenvalue weighted by atomic mass is 10.0. The van der Waals surface area contributed by atoms with Gasteiger partial charge in [0.15, 0.2) is 0 Å². The standard InChI is InChI=1S/C8H19N3O2S.ClH/c1-8-2-6-11(7-3-8)14(12,13)10-5-4-9;/h8,10H,2-7,9H2,1H3;1H. The zero-order valence-corrected chi connectivity index (χ0v) is 10.6. The predicted octanol–water partition coefficient (Wildman–Crippen LogP) is -0.0668. The predicted molar refractivity (Wildman–Crippen MR) is 63.2 cm³/mol. The minimum atomic E-state index is -3.27. The summed E-state index contributed by atoms with van der Waals surface area (Å²) in [5, 5.41) is 0. The molecule has 0 saturated carbocycles. The van der Waals surface area contributed by atoms with Crippen molar-refractivity contribution in [2.45, 2.75) is 19.8 Å². The van der Waals surface area contributed by atoms with Crippen molar-refractivity contribution in [1.29, 1.82) is 0 Å². The van der Waals surface area contributed by atoms with E-state index in [2.05, 4.69) is 11.6 Å². The molecule has 0 aromatic carbocycles. The van der Waals surface area contributed by atoms with E-state index in [1.54, 1.807) is 0 Å². The van der Waals surface area contributed by atoms with E-state index in [0.717, 1.165) is 12.8 Å². The Hall–Kier alpha value is 0.120. The van der Waals surface area contributed by atoms with E-state index >= 15 is 0 Å². The molecule has 0 radical (unpaired) electrons. The lowest BCUT2D eigenvalue weighted by Crippen LogP contribution is -2.45. The van der Waals surface area contributed by atoms with Crippen LogP contribution in [0.3, 0.4) is 0 Å². The second-order valence-electron chi connectivity index (χ2n) is 3.77. The van der Waals surface area contributed by atoms with Crippen molar-refractivity contribution in [2.75, 3.05) is 26.2 Å². The van der Waals surface area contributed by atoms with Gasteiger partial charge in [0.2, 0.25) is 0 Å². The molecule has 1 saturated heterocycles. The molecule has 1 fully saturated rings. The fraction of sp³-hybridized carbons (Fsp3) is 1.00. The van der Waals surface area contributed by atoms with E-state index in [4.69, 9.17) is 5.73 Å². The summed E-state index contributed by atoms with van der Waals surface area (Å²) in [4.78, 5) is 0. The van der Waals surface area contributed by atoms with Crippen LogP contribution in [0.2, 0.25) is 0 Å². The summed E-state index contributed by atoms with van der Waals surface area (Å²) in [5.41, 5.74) is 5.24. The number of piperidine rings is 1. The smallest absolute Gasteiger partial charge is 0.279 e. The van der Waals surface area contributed by atoms with Crippen molar-refractivity contribution < 1.29 is 8.42 Å². The second kappa shape index (κ2) is 6.65. The first-order valence-corrected chi connectivity index (χ1v) is 6.45. The molecule has 1 rings (SSSR count). The van der Waals surface area contributed by atoms with E-state index in [0.29, 0.717) is 32.1 Å². The Morgan fingerprint density at radius 2 is 1.93 bits per heavy atom. The molecule has 92 valence electrons. The second-order valence-corrected chi connectivity index (χ2v) is 5.52. The summed E-state index contributed by atoms with van der Waals surface area (Å²) in [6.07, 6.45) is 1.90. The molecule has 15 heavy (non-hydrogen) atoms. The summed E-state index contributed by atoms with van der Waals surface area (Å²) >= 11 is 0. The lowest BCUT2D eigenvalue weighted by Gasteiger charge is -2.29. The van der Waals surface area contributed by atoms with Crippen LogP contribution >= 0.6 is 12.4 Å². The molecule has 0 unspecified atom stereocenters. The summed E-state index contributed by atoms with van der Waals surface area (Å²) in [6.45, 7) is 4.05. The maximum atomic E-state index is 11.6. The summed E-state index contributed by atoms with van der Waals surface area (Å²) < 4.78 is 27.2. The van der Waals surface area contributed by atoms with Crippen LogP contribution in [0.4, 0.5) is 0 Å². The molecule has 1 aliphatic heterocycles. The van der Waals surface area contributed by atoms with E-state index in [-0.39, 0.29) is 12.4 Å². The van der Waals surface area contributed by atoms with Gasteiger partial charge in [-0.15, -0.1) is 12.4 Å². The van der Waals surface area contributed by atoms with Crippen LogP contribution in [0.5, 0.6) is 0 Å². The Bertz CT molecular complexity index is 263. The van der Waals surface area contributed by atoms with Gasteiger partial charge >= 0.3 is 0 Å². The maximum absolute atomic E-state index is 11.6. The highest BCUT2D eigenvalue weighted by molar-refractivity contribution is 7.87. The molecule has 0 aromatic heterocycles. The van der Waals surface area contributed by atoms with Crippen molar-refractivity contribution in [3.63, 3.8) is 0 Å². The average Bonchev–Trinajstić information content (AvgIpc) is 2.16. The zero-order chi connectivity index (χ0) is 10.6. The van der Waals surface area contributed by atoms with E-state index in [1.165, 1.54) is 4.31 Å². The zero-order valence-electron chi connectivity index (χ0n) is 8.98. The largest absolute Gasteiger partial charge is 0.329 e. The molecule has 5 nitrogen and oxygen atoms in total. The number of rotatable bonds is 4. The van der Waals surface area contributed by atoms with E-state index in [1.807, 2.05) is 0 Å². The van der Waals surface area contributed by atoms with Gasteiger partial charge in [0.05, 0.1) is 0 Å². The third-order valence-corrected chi connectivity index (χ3v) is 4.13. The summed E-state index contributed by atoms with van der Waals surface area (Å²) in [5.74, 6) is 0.635. The number of nitrogens with two attached hydrogens (primary N) is 1. The van der Waals surface area contributed by atoms with Gasteiger partial charge < -0.3 is 5.73 Å². The van der Waals surface area contributed by atoms with Gasteiger partial charge in [-0.2, -0.15) is 12.7 Å². The molecule has 0 aromatic rings. The molecule has 0 bridgehead atoms. The molecule has 0 aliphatic carbocycles. The van der Waals surface area contributed by atoms with Crippen molar-refractivity contribution >= 4 is 22.6 Å². The van der Waals surface area contributed by atoms with Crippen LogP contribution < -0.4 is 10.5 Å². The van der Waals surface area contributed by atoms with Crippen LogP contribution in [0.25, 0.3) is 0 Å². The quantitative estimate of drug-likeness (QED) is 0.741. The topological polar surface area (TPSA) is 75.4 Å². The monoisotopic (exact) mass is 257 g/mol. The first-order valence-electron chi connectivity index (χ1n) is 5.01. The van der Waals surface area contributed by atoms with Crippen LogP contribution in [0.1, 0.15) is 19.8 Å². The highest BCUT2D eigenvalue weighted by Gasteiger charge is 2.25. The summed E-state index contributed by atoms with van der Waals surface area (Å²) in [7, 11) is -3.27. The van der Waals surface area contributed by atoms with Crippen molar-refractivity contribution in [2.24, 2.45) is 11.7 Å². The first kappa shape index (κ1) is 15.1. The molecule has 7 heteroatoms. The van der Waals surface area contributed by atoms with Crippen molar-refractivity contribution in [3.8, 4) is 0 Å². The first-order chi connectivity index (χ1) is 6.56. The molecule has 0 spiro atoms. The highest BCUT2D eigenvalue weighted by atomic mass is 35.5. The van der Waals surface area contributed by atoms with Gasteiger partial charge in [-0.25, -0.2) is 4.72 Å². The molecule has 1 heterocycles. The van der Waals surface area contributed by atoms with E-state index in [9.17, 15) is 8.42 Å². The Morgan fingerprint density at radius 1 is 1.40 bits per heavy atom. The normalized spacial score (nSPS) is 19.9. The van der Waals surface area contributed by atoms with Gasteiger partial charge in [-0.05, 0) is 18.8 Å². The van der Waals surface area contributed by atoms with Crippen LogP contribution in [-0.4, -0.2) is 38.9 Å². The van der Waals surface area contributed by atoms with E-state index < -0.39 is 10.2 Å². The highest BCUT2D eigenvalue weighted by Crippen LogP contribution is 2.17. The average molecular weight is 258 g/mol. The summed E-state index contributed by atoms with van der Waals surface area (Å²) in [6, 6.07) is 0. The molecule has 0 amide bonds. The lowest BCUT2D eigenvalue weighted by molar-refractivity contribution is 0.285. The van der Waals surface area contributed by atoms with Crippen LogP contribution in [-0.2, 0) is 10.2 Å². The maximum Gasteiger partial charge on any atom is 0.279 e. The number of halogens is 1. The third-order valence-electron chi connectivity index (χ3n) is 2.51. The van der Waals surface area contributed by atoms with Crippen LogP contribution in [0.15, 0.2) is 0 Å². The van der Waals surface area contributed by atoms with Crippen molar-refractivity contribution in [3.05, 3.63) is 0 Å². The molecule has 1 aliphatic rings. The number of hydrogen-bond donors (Lipinski definition) is 2. The molecule has 3 N–H and O–H groups in total. The minimum Gasteiger partial charge on any atom is -0.329 e. The Balaban J connectivity index is 0.00000196. The number of hydrogen-bond acceptors (Lipinski definition) is 3. The van der Waals surface area contributed by atoms with Gasteiger partial charge in [0.1, 0.15) is 0 Å². The van der Waals surface area contributed by atoms with Crippen LogP contribution in [0, 0.1) is 5.92 Å². The fourth-order valence-electron chi connectivity index (χ4n) is 1.50. The minimum absolute atomic E-state index is 0. The number of nitrogens with one attached hydrogen (secondary N) is 1. The molecular formula is C8H20ClN3O2S. The fourth-order valence-corrected chi connectivity index (χ4v) is 2.75. The Morgan fingerprint density at radius 3 is 2.40 bits per heavy atom. The Labute approximate surface area is 98.0 Å². The van der Waals surface area contributed by atoms with Gasteiger partial charge in [-0.3, -0.25) is 0 Å². The van der Waals surface area contributed by atoms with Gasteiger partial charge in [-0.1, -0.05) is 6.92 Å². The molecular weight excluding hydrogens is 238 g/mol.